The lowest BCUT2D eigenvalue weighted by molar-refractivity contribution is 0.103. The fourth-order valence-corrected chi connectivity index (χ4v) is 3.71. The predicted octanol–water partition coefficient (Wildman–Crippen LogP) is 3.89. The Kier molecular flexibility index (Phi) is 5.32. The Morgan fingerprint density at radius 2 is 2.05 bits per heavy atom. The average molecular weight is 339 g/mol. The van der Waals surface area contributed by atoms with Crippen molar-refractivity contribution in [2.24, 2.45) is 0 Å². The zero-order valence-corrected chi connectivity index (χ0v) is 14.0. The second-order valence-electron chi connectivity index (χ2n) is 5.17. The molecular weight excluding hydrogens is 320 g/mol. The maximum atomic E-state index is 12.4. The smallest absolute Gasteiger partial charge is 0.265 e. The van der Waals surface area contributed by atoms with Gasteiger partial charge in [-0.15, -0.1) is 23.7 Å². The molecule has 0 bridgehead atoms. The van der Waals surface area contributed by atoms with Gasteiger partial charge in [-0.05, 0) is 49.4 Å². The number of nitrogens with two attached hydrogens (primary N) is 1. The van der Waals surface area contributed by atoms with E-state index in [-0.39, 0.29) is 18.3 Å². The number of nitrogens with one attached hydrogen (secondary N) is 1. The Morgan fingerprint density at radius 3 is 2.77 bits per heavy atom. The fraction of sp³-hybridized carbons (Fsp3) is 0.312. The zero-order valence-electron chi connectivity index (χ0n) is 12.3. The van der Waals surface area contributed by atoms with Crippen molar-refractivity contribution < 1.29 is 9.53 Å². The summed E-state index contributed by atoms with van der Waals surface area (Å²) in [6, 6.07) is 7.26. The molecule has 4 nitrogen and oxygen atoms in total. The van der Waals surface area contributed by atoms with E-state index in [1.807, 2.05) is 6.07 Å². The van der Waals surface area contributed by atoms with Gasteiger partial charge in [0, 0.05) is 10.9 Å². The fourth-order valence-electron chi connectivity index (χ4n) is 2.56. The molecule has 1 heterocycles. The van der Waals surface area contributed by atoms with Gasteiger partial charge in [-0.2, -0.15) is 0 Å². The van der Waals surface area contributed by atoms with Crippen molar-refractivity contribution in [3.63, 3.8) is 0 Å². The maximum absolute atomic E-state index is 12.4. The second kappa shape index (κ2) is 7.03. The molecule has 1 aromatic heterocycles. The lowest BCUT2D eigenvalue weighted by Crippen LogP contribution is -2.11. The Morgan fingerprint density at radius 1 is 1.27 bits per heavy atom. The van der Waals surface area contributed by atoms with Crippen molar-refractivity contribution in [3.05, 3.63) is 39.6 Å². The van der Waals surface area contributed by atoms with Gasteiger partial charge < -0.3 is 15.8 Å². The molecule has 22 heavy (non-hydrogen) atoms. The molecule has 0 aliphatic heterocycles. The van der Waals surface area contributed by atoms with Crippen LogP contribution in [0.15, 0.2) is 24.3 Å². The number of rotatable bonds is 3. The van der Waals surface area contributed by atoms with E-state index in [9.17, 15) is 4.79 Å². The van der Waals surface area contributed by atoms with Crippen molar-refractivity contribution in [2.75, 3.05) is 18.2 Å². The molecule has 0 radical (unpaired) electrons. The third-order valence-corrected chi connectivity index (χ3v) is 4.96. The topological polar surface area (TPSA) is 64.3 Å². The Bertz CT molecular complexity index is 661. The highest BCUT2D eigenvalue weighted by molar-refractivity contribution is 7.14. The molecule has 0 fully saturated rings. The number of methoxy groups -OCH3 is 1. The highest BCUT2D eigenvalue weighted by Gasteiger charge is 2.18. The SMILES string of the molecule is COc1ccc(N)c(NC(=O)c2cc3c(s2)CCCC3)c1.Cl. The molecular formula is C16H19ClN2O2S. The van der Waals surface area contributed by atoms with Gasteiger partial charge in [0.05, 0.1) is 23.4 Å². The number of benzene rings is 1. The summed E-state index contributed by atoms with van der Waals surface area (Å²) in [5, 5.41) is 2.88. The number of thiophene rings is 1. The van der Waals surface area contributed by atoms with E-state index < -0.39 is 0 Å². The Hall–Kier alpha value is -1.72. The second-order valence-corrected chi connectivity index (χ2v) is 6.31. The quantitative estimate of drug-likeness (QED) is 0.834. The van der Waals surface area contributed by atoms with E-state index >= 15 is 0 Å². The molecule has 1 aliphatic carbocycles. The number of carbonyl (C=O) groups excluding carboxylic acids is 1. The highest BCUT2D eigenvalue weighted by atomic mass is 35.5. The number of fused-ring (bicyclic) bond motifs is 1. The predicted molar refractivity (Wildman–Crippen MR) is 93.6 cm³/mol. The Balaban J connectivity index is 0.00000176. The first-order chi connectivity index (χ1) is 10.2. The van der Waals surface area contributed by atoms with Gasteiger partial charge in [-0.1, -0.05) is 0 Å². The normalized spacial score (nSPS) is 13.0. The van der Waals surface area contributed by atoms with E-state index in [1.165, 1.54) is 23.3 Å². The summed E-state index contributed by atoms with van der Waals surface area (Å²) in [7, 11) is 1.59. The number of hydrogen-bond donors (Lipinski definition) is 2. The summed E-state index contributed by atoms with van der Waals surface area (Å²) in [5.74, 6) is 0.569. The molecule has 0 saturated heterocycles. The van der Waals surface area contributed by atoms with E-state index in [1.54, 1.807) is 36.6 Å². The van der Waals surface area contributed by atoms with Crippen LogP contribution < -0.4 is 15.8 Å². The molecule has 1 aromatic carbocycles. The van der Waals surface area contributed by atoms with Crippen molar-refractivity contribution in [1.29, 1.82) is 0 Å². The summed E-state index contributed by atoms with van der Waals surface area (Å²) < 4.78 is 5.16. The maximum Gasteiger partial charge on any atom is 0.265 e. The molecule has 2 aromatic rings. The molecule has 3 N–H and O–H groups in total. The molecule has 0 saturated carbocycles. The lowest BCUT2D eigenvalue weighted by Gasteiger charge is -2.09. The van der Waals surface area contributed by atoms with Crippen LogP contribution in [0.5, 0.6) is 5.75 Å². The van der Waals surface area contributed by atoms with Crippen LogP contribution in [0.4, 0.5) is 11.4 Å². The third kappa shape index (κ3) is 3.36. The van der Waals surface area contributed by atoms with E-state index in [0.717, 1.165) is 17.7 Å². The van der Waals surface area contributed by atoms with Gasteiger partial charge in [-0.25, -0.2) is 0 Å². The van der Waals surface area contributed by atoms with E-state index in [4.69, 9.17) is 10.5 Å². The highest BCUT2D eigenvalue weighted by Crippen LogP contribution is 2.31. The van der Waals surface area contributed by atoms with Crippen molar-refractivity contribution in [3.8, 4) is 5.75 Å². The summed E-state index contributed by atoms with van der Waals surface area (Å²) in [5.41, 5.74) is 8.35. The first-order valence-corrected chi connectivity index (χ1v) is 7.85. The standard InChI is InChI=1S/C16H18N2O2S.ClH/c1-20-11-6-7-12(17)13(9-11)18-16(19)15-8-10-4-2-3-5-14(10)21-15;/h6-9H,2-5,17H2,1H3,(H,18,19);1H. The largest absolute Gasteiger partial charge is 0.497 e. The number of anilines is 2. The molecule has 0 unspecified atom stereocenters. The summed E-state index contributed by atoms with van der Waals surface area (Å²) in [6.45, 7) is 0. The number of carbonyl (C=O) groups is 1. The number of amides is 1. The number of hydrogen-bond acceptors (Lipinski definition) is 4. The van der Waals surface area contributed by atoms with Crippen LogP contribution in [0.25, 0.3) is 0 Å². The molecule has 0 atom stereocenters. The number of aryl methyl sites for hydroxylation is 2. The minimum absolute atomic E-state index is 0. The molecule has 6 heteroatoms. The van der Waals surface area contributed by atoms with Crippen LogP contribution >= 0.6 is 23.7 Å². The van der Waals surface area contributed by atoms with Crippen LogP contribution in [0.2, 0.25) is 0 Å². The van der Waals surface area contributed by atoms with E-state index in [0.29, 0.717) is 17.1 Å². The average Bonchev–Trinajstić information content (AvgIpc) is 2.93. The summed E-state index contributed by atoms with van der Waals surface area (Å²) in [6.07, 6.45) is 4.61. The van der Waals surface area contributed by atoms with Crippen LogP contribution in [0.3, 0.4) is 0 Å². The van der Waals surface area contributed by atoms with Gasteiger partial charge in [0.15, 0.2) is 0 Å². The molecule has 3 rings (SSSR count). The summed E-state index contributed by atoms with van der Waals surface area (Å²) >= 11 is 1.59. The van der Waals surface area contributed by atoms with Crippen LogP contribution in [-0.4, -0.2) is 13.0 Å². The van der Waals surface area contributed by atoms with Crippen molar-refractivity contribution in [1.82, 2.24) is 0 Å². The monoisotopic (exact) mass is 338 g/mol. The van der Waals surface area contributed by atoms with Crippen LogP contribution in [-0.2, 0) is 12.8 Å². The minimum atomic E-state index is -0.102. The molecule has 0 spiro atoms. The lowest BCUT2D eigenvalue weighted by atomic mass is 9.99. The first kappa shape index (κ1) is 16.6. The zero-order chi connectivity index (χ0) is 14.8. The Labute approximate surface area is 140 Å². The van der Waals surface area contributed by atoms with E-state index in [2.05, 4.69) is 5.32 Å². The van der Waals surface area contributed by atoms with Crippen molar-refractivity contribution in [2.45, 2.75) is 25.7 Å². The molecule has 118 valence electrons. The minimum Gasteiger partial charge on any atom is -0.497 e. The van der Waals surface area contributed by atoms with Crippen LogP contribution in [0.1, 0.15) is 33.0 Å². The van der Waals surface area contributed by atoms with Gasteiger partial charge in [0.2, 0.25) is 0 Å². The third-order valence-electron chi connectivity index (χ3n) is 3.73. The van der Waals surface area contributed by atoms with Gasteiger partial charge in [-0.3, -0.25) is 4.79 Å². The number of halogens is 1. The number of ether oxygens (including phenoxy) is 1. The number of nitrogen functional groups attached to an aromatic ring is 1. The first-order valence-electron chi connectivity index (χ1n) is 7.04. The van der Waals surface area contributed by atoms with Crippen molar-refractivity contribution >= 4 is 41.0 Å². The van der Waals surface area contributed by atoms with Gasteiger partial charge in [0.25, 0.3) is 5.91 Å². The molecule has 1 aliphatic rings. The van der Waals surface area contributed by atoms with Crippen LogP contribution in [0, 0.1) is 0 Å². The van der Waals surface area contributed by atoms with Gasteiger partial charge >= 0.3 is 0 Å². The summed E-state index contributed by atoms with van der Waals surface area (Å²) in [4.78, 5) is 14.5. The van der Waals surface area contributed by atoms with Gasteiger partial charge in [0.1, 0.15) is 5.75 Å². The molecule has 1 amide bonds.